The van der Waals surface area contributed by atoms with Gasteiger partial charge in [0.15, 0.2) is 0 Å². The van der Waals surface area contributed by atoms with Gasteiger partial charge in [-0.05, 0) is 23.8 Å². The van der Waals surface area contributed by atoms with Gasteiger partial charge in [0.05, 0.1) is 5.52 Å². The fourth-order valence-corrected chi connectivity index (χ4v) is 4.68. The highest BCUT2D eigenvalue weighted by atomic mass is 35.5. The molecule has 0 N–H and O–H groups in total. The Labute approximate surface area is 148 Å². The summed E-state index contributed by atoms with van der Waals surface area (Å²) in [6.45, 7) is 0. The third kappa shape index (κ3) is 2.04. The zero-order valence-corrected chi connectivity index (χ0v) is 14.2. The first-order chi connectivity index (χ1) is 11.8. The van der Waals surface area contributed by atoms with Gasteiger partial charge in [-0.2, -0.15) is 0 Å². The van der Waals surface area contributed by atoms with E-state index in [0.29, 0.717) is 0 Å². The van der Waals surface area contributed by atoms with E-state index in [1.165, 1.54) is 27.5 Å². The Morgan fingerprint density at radius 2 is 1.54 bits per heavy atom. The lowest BCUT2D eigenvalue weighted by Crippen LogP contribution is -1.86. The van der Waals surface area contributed by atoms with Gasteiger partial charge in [-0.25, -0.2) is 4.98 Å². The van der Waals surface area contributed by atoms with E-state index in [0.717, 1.165) is 20.2 Å². The van der Waals surface area contributed by atoms with Gasteiger partial charge in [0, 0.05) is 31.6 Å². The maximum Gasteiger partial charge on any atom is 0.125 e. The van der Waals surface area contributed by atoms with Crippen LogP contribution >= 0.6 is 22.9 Å². The van der Waals surface area contributed by atoms with Gasteiger partial charge in [-0.15, -0.1) is 11.3 Å². The van der Waals surface area contributed by atoms with E-state index < -0.39 is 0 Å². The van der Waals surface area contributed by atoms with Crippen molar-refractivity contribution in [1.29, 1.82) is 0 Å². The summed E-state index contributed by atoms with van der Waals surface area (Å²) in [5.41, 5.74) is 4.73. The number of aromatic nitrogens is 1. The molecule has 3 aromatic carbocycles. The fourth-order valence-electron chi connectivity index (χ4n) is 3.31. The Morgan fingerprint density at radius 3 is 2.42 bits per heavy atom. The fraction of sp³-hybridized carbons (Fsp3) is 0. The average molecular weight is 346 g/mol. The van der Waals surface area contributed by atoms with Gasteiger partial charge in [-0.3, -0.25) is 0 Å². The van der Waals surface area contributed by atoms with Crippen molar-refractivity contribution >= 4 is 43.9 Å². The van der Waals surface area contributed by atoms with Crippen molar-refractivity contribution in [3.05, 3.63) is 77.8 Å². The number of rotatable bonds is 1. The molecule has 0 aromatic heterocycles. The van der Waals surface area contributed by atoms with Crippen molar-refractivity contribution in [2.24, 2.45) is 0 Å². The summed E-state index contributed by atoms with van der Waals surface area (Å²) in [5.74, 6) is 0. The monoisotopic (exact) mass is 345 g/mol. The second-order valence-electron chi connectivity index (χ2n) is 5.79. The molecule has 2 aliphatic heterocycles. The van der Waals surface area contributed by atoms with Crippen LogP contribution < -0.4 is 0 Å². The van der Waals surface area contributed by atoms with Crippen molar-refractivity contribution in [3.8, 4) is 21.7 Å². The van der Waals surface area contributed by atoms with E-state index in [1.807, 2.05) is 24.3 Å². The number of hydrogen-bond acceptors (Lipinski definition) is 2. The molecule has 3 aromatic rings. The Kier molecular flexibility index (Phi) is 3.09. The zero-order chi connectivity index (χ0) is 16.1. The number of hydrogen-bond donors (Lipinski definition) is 0. The highest BCUT2D eigenvalue weighted by Crippen LogP contribution is 2.47. The lowest BCUT2D eigenvalue weighted by atomic mass is 9.96. The molecule has 5 rings (SSSR count). The van der Waals surface area contributed by atoms with Crippen molar-refractivity contribution in [2.75, 3.05) is 0 Å². The molecular formula is C21H12ClNS. The Hall–Kier alpha value is -2.42. The van der Waals surface area contributed by atoms with Crippen LogP contribution in [-0.2, 0) is 0 Å². The van der Waals surface area contributed by atoms with Crippen molar-refractivity contribution in [3.63, 3.8) is 0 Å². The normalized spacial score (nSPS) is 11.5. The molecule has 2 aliphatic rings. The number of halogens is 1. The number of fused-ring (bicyclic) bond motifs is 4. The Morgan fingerprint density at radius 1 is 0.750 bits per heavy atom. The van der Waals surface area contributed by atoms with Crippen LogP contribution in [0.15, 0.2) is 72.8 Å². The van der Waals surface area contributed by atoms with E-state index in [2.05, 4.69) is 48.5 Å². The van der Waals surface area contributed by atoms with Crippen LogP contribution in [-0.4, -0.2) is 4.98 Å². The smallest absolute Gasteiger partial charge is 0.125 e. The van der Waals surface area contributed by atoms with Gasteiger partial charge in [0.25, 0.3) is 0 Å². The minimum atomic E-state index is 0.758. The second kappa shape index (κ2) is 5.30. The minimum Gasteiger partial charge on any atom is -0.237 e. The molecule has 0 unspecified atom stereocenters. The summed E-state index contributed by atoms with van der Waals surface area (Å²) in [7, 11) is 0. The van der Waals surface area contributed by atoms with Crippen molar-refractivity contribution < 1.29 is 0 Å². The lowest BCUT2D eigenvalue weighted by molar-refractivity contribution is 1.52. The van der Waals surface area contributed by atoms with E-state index in [-0.39, 0.29) is 0 Å². The standard InChI is InChI=1S/C21H12ClNS/c22-14-10-11-16-18(12-14)24-21-20(15-8-4-5-9-17(15)23-21)19(16)13-6-2-1-3-7-13/h1-12H. The van der Waals surface area contributed by atoms with E-state index in [9.17, 15) is 0 Å². The first kappa shape index (κ1) is 14.0. The van der Waals surface area contributed by atoms with E-state index >= 15 is 0 Å². The van der Waals surface area contributed by atoms with Crippen LogP contribution in [0.2, 0.25) is 5.02 Å². The maximum atomic E-state index is 6.23. The predicted molar refractivity (Wildman–Crippen MR) is 104 cm³/mol. The summed E-state index contributed by atoms with van der Waals surface area (Å²) < 4.78 is 1.16. The highest BCUT2D eigenvalue weighted by molar-refractivity contribution is 7.21. The molecule has 0 spiro atoms. The maximum absolute atomic E-state index is 6.23. The van der Waals surface area contributed by atoms with Crippen LogP contribution in [0.3, 0.4) is 0 Å². The van der Waals surface area contributed by atoms with E-state index in [4.69, 9.17) is 16.6 Å². The molecule has 0 saturated heterocycles. The molecule has 0 aliphatic carbocycles. The molecule has 24 heavy (non-hydrogen) atoms. The zero-order valence-electron chi connectivity index (χ0n) is 12.7. The molecule has 1 nitrogen and oxygen atoms in total. The average Bonchev–Trinajstić information content (AvgIpc) is 2.98. The van der Waals surface area contributed by atoms with Crippen molar-refractivity contribution in [2.45, 2.75) is 0 Å². The topological polar surface area (TPSA) is 12.9 Å². The largest absolute Gasteiger partial charge is 0.237 e. The van der Waals surface area contributed by atoms with Gasteiger partial charge in [0.1, 0.15) is 5.01 Å². The molecule has 3 heteroatoms. The van der Waals surface area contributed by atoms with Crippen LogP contribution in [0.1, 0.15) is 0 Å². The van der Waals surface area contributed by atoms with Crippen molar-refractivity contribution in [1.82, 2.24) is 4.98 Å². The predicted octanol–water partition coefficient (Wildman–Crippen LogP) is 6.87. The first-order valence-electron chi connectivity index (χ1n) is 7.77. The Bertz CT molecular complexity index is 1160. The number of nitrogens with zero attached hydrogens (tertiary/aromatic N) is 1. The van der Waals surface area contributed by atoms with Crippen LogP contribution in [0, 0.1) is 0 Å². The second-order valence-corrected chi connectivity index (χ2v) is 7.26. The molecule has 114 valence electrons. The highest BCUT2D eigenvalue weighted by Gasteiger charge is 2.21. The summed E-state index contributed by atoms with van der Waals surface area (Å²) >= 11 is 7.94. The number of benzene rings is 3. The molecule has 0 amide bonds. The van der Waals surface area contributed by atoms with Crippen LogP contribution in [0.5, 0.6) is 0 Å². The molecular weight excluding hydrogens is 334 g/mol. The third-order valence-electron chi connectivity index (χ3n) is 4.34. The van der Waals surface area contributed by atoms with Gasteiger partial charge in [-0.1, -0.05) is 66.2 Å². The lowest BCUT2D eigenvalue weighted by Gasteiger charge is -2.13. The van der Waals surface area contributed by atoms with Gasteiger partial charge < -0.3 is 0 Å². The molecule has 0 atom stereocenters. The minimum absolute atomic E-state index is 0.758. The molecule has 0 fully saturated rings. The third-order valence-corrected chi connectivity index (χ3v) is 5.62. The molecule has 0 saturated carbocycles. The van der Waals surface area contributed by atoms with Gasteiger partial charge in [0.2, 0.25) is 0 Å². The molecule has 0 radical (unpaired) electrons. The van der Waals surface area contributed by atoms with Crippen LogP contribution in [0.25, 0.3) is 42.7 Å². The number of para-hydroxylation sites is 1. The summed E-state index contributed by atoms with van der Waals surface area (Å²) in [5, 5.41) is 4.25. The van der Waals surface area contributed by atoms with Gasteiger partial charge >= 0.3 is 0 Å². The quantitative estimate of drug-likeness (QED) is 0.323. The summed E-state index contributed by atoms with van der Waals surface area (Å²) in [4.78, 5) is 4.86. The SMILES string of the molecule is Clc1ccc2c(-c3ccccc3)c3c4ccccc4nc-3sc2c1. The van der Waals surface area contributed by atoms with Crippen LogP contribution in [0.4, 0.5) is 0 Å². The van der Waals surface area contributed by atoms with E-state index in [1.54, 1.807) is 11.3 Å². The molecule has 2 heterocycles. The first-order valence-corrected chi connectivity index (χ1v) is 8.96. The molecule has 0 bridgehead atoms. The summed E-state index contributed by atoms with van der Waals surface area (Å²) in [6.07, 6.45) is 0. The summed E-state index contributed by atoms with van der Waals surface area (Å²) in [6, 6.07) is 25.0. The Balaban J connectivity index is 2.05.